The minimum absolute atomic E-state index is 0.264. The van der Waals surface area contributed by atoms with Crippen molar-refractivity contribution in [2.75, 3.05) is 26.2 Å². The van der Waals surface area contributed by atoms with Crippen LogP contribution in [0.25, 0.3) is 5.69 Å². The maximum atomic E-state index is 12.7. The second-order valence-corrected chi connectivity index (χ2v) is 8.52. The molecule has 1 aliphatic carbocycles. The number of carbonyl (C=O) groups excluding carboxylic acids is 1. The number of hydrogen-bond acceptors (Lipinski definition) is 3. The fourth-order valence-electron chi connectivity index (χ4n) is 4.56. The molecule has 4 rings (SSSR count). The summed E-state index contributed by atoms with van der Waals surface area (Å²) in [5.74, 6) is 1.47. The summed E-state index contributed by atoms with van der Waals surface area (Å²) < 4.78 is 1.86. The minimum Gasteiger partial charge on any atom is -0.357 e. The van der Waals surface area contributed by atoms with Gasteiger partial charge in [0.2, 0.25) is 5.91 Å². The first kappa shape index (κ1) is 21.4. The molecule has 1 aromatic heterocycles. The third-order valence-corrected chi connectivity index (χ3v) is 6.27. The largest absolute Gasteiger partial charge is 0.357 e. The van der Waals surface area contributed by atoms with E-state index in [1.807, 2.05) is 16.9 Å². The lowest BCUT2D eigenvalue weighted by Crippen LogP contribution is -2.45. The second kappa shape index (κ2) is 10.5. The summed E-state index contributed by atoms with van der Waals surface area (Å²) in [7, 11) is 0. The third-order valence-electron chi connectivity index (χ3n) is 6.27. The first-order valence-corrected chi connectivity index (χ1v) is 11.7. The van der Waals surface area contributed by atoms with Gasteiger partial charge in [-0.2, -0.15) is 5.10 Å². The molecule has 1 saturated heterocycles. The first-order valence-electron chi connectivity index (χ1n) is 11.7. The summed E-state index contributed by atoms with van der Waals surface area (Å²) in [5.41, 5.74) is 2.31. The number of hydrogen-bond donors (Lipinski definition) is 2. The SMILES string of the molecule is CCNC(=NCCc1ccc(-n2cccn2)cc1)NC1CCN(C(=O)C2CCCC2)C1. The van der Waals surface area contributed by atoms with Gasteiger partial charge in [0.1, 0.15) is 0 Å². The van der Waals surface area contributed by atoms with Crippen molar-refractivity contribution in [3.8, 4) is 5.69 Å². The van der Waals surface area contributed by atoms with Gasteiger partial charge in [0.05, 0.1) is 5.69 Å². The van der Waals surface area contributed by atoms with Gasteiger partial charge in [-0.05, 0) is 56.4 Å². The molecule has 2 aliphatic rings. The van der Waals surface area contributed by atoms with Crippen LogP contribution in [0, 0.1) is 5.92 Å². The summed E-state index contributed by atoms with van der Waals surface area (Å²) in [4.78, 5) is 19.5. The molecule has 166 valence electrons. The van der Waals surface area contributed by atoms with E-state index in [2.05, 4.69) is 51.8 Å². The standard InChI is InChI=1S/C24H34N6O/c1-2-25-24(28-21-13-17-29(18-21)23(31)20-6-3-4-7-20)26-15-12-19-8-10-22(11-9-19)30-16-5-14-27-30/h5,8-11,14,16,20-21H,2-4,6-7,12-13,15,17-18H2,1H3,(H2,25,26,28). The van der Waals surface area contributed by atoms with Crippen molar-refractivity contribution >= 4 is 11.9 Å². The lowest BCUT2D eigenvalue weighted by molar-refractivity contribution is -0.134. The zero-order chi connectivity index (χ0) is 21.5. The van der Waals surface area contributed by atoms with E-state index in [1.165, 1.54) is 18.4 Å². The van der Waals surface area contributed by atoms with Gasteiger partial charge in [-0.15, -0.1) is 0 Å². The van der Waals surface area contributed by atoms with Gasteiger partial charge in [0.25, 0.3) is 0 Å². The lowest BCUT2D eigenvalue weighted by Gasteiger charge is -2.21. The topological polar surface area (TPSA) is 74.6 Å². The van der Waals surface area contributed by atoms with Gasteiger partial charge < -0.3 is 15.5 Å². The van der Waals surface area contributed by atoms with E-state index in [4.69, 9.17) is 4.99 Å². The molecular weight excluding hydrogens is 388 g/mol. The van der Waals surface area contributed by atoms with E-state index in [0.717, 1.165) is 57.0 Å². The zero-order valence-corrected chi connectivity index (χ0v) is 18.5. The maximum absolute atomic E-state index is 12.7. The van der Waals surface area contributed by atoms with E-state index >= 15 is 0 Å². The van der Waals surface area contributed by atoms with Crippen LogP contribution < -0.4 is 10.6 Å². The Morgan fingerprint density at radius 3 is 2.71 bits per heavy atom. The molecule has 0 bridgehead atoms. The number of rotatable bonds is 7. The van der Waals surface area contributed by atoms with Crippen molar-refractivity contribution in [3.63, 3.8) is 0 Å². The number of guanidine groups is 1. The van der Waals surface area contributed by atoms with Crippen LogP contribution >= 0.6 is 0 Å². The van der Waals surface area contributed by atoms with Gasteiger partial charge in [0.15, 0.2) is 5.96 Å². The number of amides is 1. The summed E-state index contributed by atoms with van der Waals surface area (Å²) >= 11 is 0. The number of aliphatic imine (C=N–C) groups is 1. The molecule has 1 aliphatic heterocycles. The Morgan fingerprint density at radius 2 is 2.00 bits per heavy atom. The molecule has 0 radical (unpaired) electrons. The second-order valence-electron chi connectivity index (χ2n) is 8.52. The Hall–Kier alpha value is -2.83. The molecule has 1 saturated carbocycles. The average Bonchev–Trinajstić information content (AvgIpc) is 3.57. The number of likely N-dealkylation sites (tertiary alicyclic amines) is 1. The van der Waals surface area contributed by atoms with Crippen LogP contribution in [-0.4, -0.2) is 58.8 Å². The highest BCUT2D eigenvalue weighted by Crippen LogP contribution is 2.27. The van der Waals surface area contributed by atoms with Crippen LogP contribution in [0.1, 0.15) is 44.6 Å². The monoisotopic (exact) mass is 422 g/mol. The fraction of sp³-hybridized carbons (Fsp3) is 0.542. The molecule has 7 heteroatoms. The number of benzene rings is 1. The summed E-state index contributed by atoms with van der Waals surface area (Å²) in [6, 6.07) is 10.6. The Kier molecular flexibility index (Phi) is 7.22. The van der Waals surface area contributed by atoms with Crippen molar-refractivity contribution in [3.05, 3.63) is 48.3 Å². The Balaban J connectivity index is 1.27. The molecular formula is C24H34N6O. The van der Waals surface area contributed by atoms with E-state index in [-0.39, 0.29) is 12.0 Å². The number of carbonyl (C=O) groups is 1. The van der Waals surface area contributed by atoms with Crippen LogP contribution in [0.4, 0.5) is 0 Å². The van der Waals surface area contributed by atoms with E-state index < -0.39 is 0 Å². The van der Waals surface area contributed by atoms with Gasteiger partial charge >= 0.3 is 0 Å². The predicted molar refractivity (Wildman–Crippen MR) is 123 cm³/mol. The molecule has 1 atom stereocenters. The molecule has 1 aromatic carbocycles. The molecule has 1 unspecified atom stereocenters. The van der Waals surface area contributed by atoms with Crippen LogP contribution in [0.3, 0.4) is 0 Å². The molecule has 2 heterocycles. The van der Waals surface area contributed by atoms with Crippen LogP contribution in [-0.2, 0) is 11.2 Å². The van der Waals surface area contributed by atoms with E-state index in [0.29, 0.717) is 12.5 Å². The number of aromatic nitrogens is 2. The summed E-state index contributed by atoms with van der Waals surface area (Å²) in [5, 5.41) is 11.1. The highest BCUT2D eigenvalue weighted by molar-refractivity contribution is 5.81. The average molecular weight is 423 g/mol. The van der Waals surface area contributed by atoms with Gasteiger partial charge in [-0.3, -0.25) is 9.79 Å². The molecule has 1 amide bonds. The fourth-order valence-corrected chi connectivity index (χ4v) is 4.56. The first-order chi connectivity index (χ1) is 15.2. The van der Waals surface area contributed by atoms with Crippen LogP contribution in [0.2, 0.25) is 0 Å². The molecule has 2 fully saturated rings. The Labute approximate surface area is 184 Å². The van der Waals surface area contributed by atoms with E-state index in [9.17, 15) is 4.79 Å². The molecule has 2 N–H and O–H groups in total. The quantitative estimate of drug-likeness (QED) is 0.532. The van der Waals surface area contributed by atoms with E-state index in [1.54, 1.807) is 6.20 Å². The zero-order valence-electron chi connectivity index (χ0n) is 18.5. The normalized spacial score (nSPS) is 19.7. The lowest BCUT2D eigenvalue weighted by atomic mass is 10.1. The summed E-state index contributed by atoms with van der Waals surface area (Å²) in [6.07, 6.45) is 10.1. The van der Waals surface area contributed by atoms with Gasteiger partial charge in [-0.25, -0.2) is 4.68 Å². The van der Waals surface area contributed by atoms with Gasteiger partial charge in [0, 0.05) is 50.5 Å². The van der Waals surface area contributed by atoms with Crippen molar-refractivity contribution in [1.29, 1.82) is 0 Å². The van der Waals surface area contributed by atoms with Crippen molar-refractivity contribution in [2.24, 2.45) is 10.9 Å². The minimum atomic E-state index is 0.264. The number of nitrogens with zero attached hydrogens (tertiary/aromatic N) is 4. The van der Waals surface area contributed by atoms with Crippen molar-refractivity contribution < 1.29 is 4.79 Å². The van der Waals surface area contributed by atoms with Crippen LogP contribution in [0.5, 0.6) is 0 Å². The highest BCUT2D eigenvalue weighted by atomic mass is 16.2. The third kappa shape index (κ3) is 5.66. The van der Waals surface area contributed by atoms with Crippen molar-refractivity contribution in [2.45, 2.75) is 51.5 Å². The molecule has 0 spiro atoms. The summed E-state index contributed by atoms with van der Waals surface area (Å²) in [6.45, 7) is 5.26. The van der Waals surface area contributed by atoms with Gasteiger partial charge in [-0.1, -0.05) is 25.0 Å². The molecule has 2 aromatic rings. The highest BCUT2D eigenvalue weighted by Gasteiger charge is 2.32. The molecule has 7 nitrogen and oxygen atoms in total. The Morgan fingerprint density at radius 1 is 1.19 bits per heavy atom. The predicted octanol–water partition coefficient (Wildman–Crippen LogP) is 2.76. The van der Waals surface area contributed by atoms with Crippen molar-refractivity contribution in [1.82, 2.24) is 25.3 Å². The van der Waals surface area contributed by atoms with Crippen LogP contribution in [0.15, 0.2) is 47.7 Å². The smallest absolute Gasteiger partial charge is 0.225 e. The maximum Gasteiger partial charge on any atom is 0.225 e. The Bertz CT molecular complexity index is 855. The number of nitrogens with one attached hydrogen (secondary N) is 2. The molecule has 31 heavy (non-hydrogen) atoms.